The number of nitrogens with zero attached hydrogens (tertiary/aromatic N) is 2. The second-order valence-corrected chi connectivity index (χ2v) is 7.06. The molecule has 116 valence electrons. The summed E-state index contributed by atoms with van der Waals surface area (Å²) in [6.45, 7) is 4.12. The Kier molecular flexibility index (Phi) is 4.47. The van der Waals surface area contributed by atoms with Gasteiger partial charge in [-0.2, -0.15) is 0 Å². The third-order valence-corrected chi connectivity index (χ3v) is 5.23. The van der Waals surface area contributed by atoms with E-state index < -0.39 is 5.97 Å². The SMILES string of the molecule is C[C@@H]1CN(Cc2csc(-c3ccc(Cl)cc3)n2)C[C@H]1C(=O)O. The molecule has 0 unspecified atom stereocenters. The fourth-order valence-electron chi connectivity index (χ4n) is 2.85. The number of carboxylic acids is 1. The number of hydrogen-bond donors (Lipinski definition) is 1. The van der Waals surface area contributed by atoms with Crippen LogP contribution in [0.25, 0.3) is 10.6 Å². The molecule has 22 heavy (non-hydrogen) atoms. The minimum atomic E-state index is -0.699. The van der Waals surface area contributed by atoms with E-state index in [1.807, 2.05) is 36.6 Å². The molecule has 2 atom stereocenters. The highest BCUT2D eigenvalue weighted by molar-refractivity contribution is 7.13. The lowest BCUT2D eigenvalue weighted by molar-refractivity contribution is -0.142. The second kappa shape index (κ2) is 6.36. The number of likely N-dealkylation sites (tertiary alicyclic amines) is 1. The number of carbonyl (C=O) groups is 1. The summed E-state index contributed by atoms with van der Waals surface area (Å²) < 4.78 is 0. The standard InChI is InChI=1S/C16H17ClN2O2S/c1-10-6-19(8-14(10)16(20)21)7-13-9-22-15(18-13)11-2-4-12(17)5-3-11/h2-5,9-10,14H,6-8H2,1H3,(H,20,21)/t10-,14-/m1/s1. The maximum Gasteiger partial charge on any atom is 0.308 e. The topological polar surface area (TPSA) is 53.4 Å². The summed E-state index contributed by atoms with van der Waals surface area (Å²) in [4.78, 5) is 18.0. The van der Waals surface area contributed by atoms with Gasteiger partial charge in [0.1, 0.15) is 5.01 Å². The third-order valence-electron chi connectivity index (χ3n) is 4.03. The van der Waals surface area contributed by atoms with Gasteiger partial charge in [-0.3, -0.25) is 9.69 Å². The predicted molar refractivity (Wildman–Crippen MR) is 88.1 cm³/mol. The van der Waals surface area contributed by atoms with Crippen LogP contribution in [0.15, 0.2) is 29.6 Å². The number of halogens is 1. The summed E-state index contributed by atoms with van der Waals surface area (Å²) >= 11 is 7.50. The van der Waals surface area contributed by atoms with Crippen molar-refractivity contribution in [1.82, 2.24) is 9.88 Å². The van der Waals surface area contributed by atoms with Gasteiger partial charge >= 0.3 is 5.97 Å². The Morgan fingerprint density at radius 3 is 2.77 bits per heavy atom. The summed E-state index contributed by atoms with van der Waals surface area (Å²) in [7, 11) is 0. The second-order valence-electron chi connectivity index (χ2n) is 5.77. The number of hydrogen-bond acceptors (Lipinski definition) is 4. The van der Waals surface area contributed by atoms with Crippen molar-refractivity contribution in [2.75, 3.05) is 13.1 Å². The number of aliphatic carboxylic acids is 1. The van der Waals surface area contributed by atoms with E-state index >= 15 is 0 Å². The fraction of sp³-hybridized carbons (Fsp3) is 0.375. The molecule has 1 aromatic carbocycles. The minimum absolute atomic E-state index is 0.187. The van der Waals surface area contributed by atoms with E-state index in [4.69, 9.17) is 11.6 Å². The first kappa shape index (κ1) is 15.5. The van der Waals surface area contributed by atoms with Crippen molar-refractivity contribution < 1.29 is 9.90 Å². The molecule has 3 rings (SSSR count). The average molecular weight is 337 g/mol. The van der Waals surface area contributed by atoms with Crippen LogP contribution in [0.5, 0.6) is 0 Å². The van der Waals surface area contributed by atoms with Crippen LogP contribution in [-0.4, -0.2) is 34.0 Å². The minimum Gasteiger partial charge on any atom is -0.481 e. The van der Waals surface area contributed by atoms with Crippen LogP contribution in [0.1, 0.15) is 12.6 Å². The number of aromatic nitrogens is 1. The first-order valence-corrected chi connectivity index (χ1v) is 8.44. The molecule has 1 saturated heterocycles. The molecule has 0 saturated carbocycles. The van der Waals surface area contributed by atoms with E-state index in [9.17, 15) is 9.90 Å². The third kappa shape index (κ3) is 3.32. The van der Waals surface area contributed by atoms with Crippen molar-refractivity contribution in [3.63, 3.8) is 0 Å². The summed E-state index contributed by atoms with van der Waals surface area (Å²) in [5.41, 5.74) is 2.05. The maximum absolute atomic E-state index is 11.2. The molecule has 2 aromatic rings. The van der Waals surface area contributed by atoms with Gasteiger partial charge in [0, 0.05) is 35.6 Å². The first-order chi connectivity index (χ1) is 10.5. The predicted octanol–water partition coefficient (Wildman–Crippen LogP) is 3.62. The largest absolute Gasteiger partial charge is 0.481 e. The van der Waals surface area contributed by atoms with E-state index in [-0.39, 0.29) is 11.8 Å². The smallest absolute Gasteiger partial charge is 0.308 e. The van der Waals surface area contributed by atoms with Crippen molar-refractivity contribution >= 4 is 28.9 Å². The van der Waals surface area contributed by atoms with Crippen LogP contribution in [0.4, 0.5) is 0 Å². The molecule has 1 aliphatic heterocycles. The molecule has 1 fully saturated rings. The Morgan fingerprint density at radius 2 is 2.14 bits per heavy atom. The Morgan fingerprint density at radius 1 is 1.41 bits per heavy atom. The Labute approximate surface area is 138 Å². The normalized spacial score (nSPS) is 22.1. The number of carboxylic acid groups (broad SMARTS) is 1. The van der Waals surface area contributed by atoms with Gasteiger partial charge in [-0.25, -0.2) is 4.98 Å². The van der Waals surface area contributed by atoms with Crippen LogP contribution in [0, 0.1) is 11.8 Å². The van der Waals surface area contributed by atoms with Crippen LogP contribution >= 0.6 is 22.9 Å². The quantitative estimate of drug-likeness (QED) is 0.926. The van der Waals surface area contributed by atoms with Crippen molar-refractivity contribution in [1.29, 1.82) is 0 Å². The van der Waals surface area contributed by atoms with Crippen LogP contribution in [0.3, 0.4) is 0 Å². The summed E-state index contributed by atoms with van der Waals surface area (Å²) in [5, 5.41) is 12.9. The highest BCUT2D eigenvalue weighted by Crippen LogP contribution is 2.28. The molecule has 2 heterocycles. The average Bonchev–Trinajstić information content (AvgIpc) is 3.07. The van der Waals surface area contributed by atoms with Gasteiger partial charge < -0.3 is 5.11 Å². The van der Waals surface area contributed by atoms with E-state index in [0.717, 1.165) is 22.8 Å². The monoisotopic (exact) mass is 336 g/mol. The molecule has 0 amide bonds. The number of benzene rings is 1. The number of rotatable bonds is 4. The van der Waals surface area contributed by atoms with E-state index in [0.29, 0.717) is 18.1 Å². The van der Waals surface area contributed by atoms with Crippen LogP contribution in [-0.2, 0) is 11.3 Å². The summed E-state index contributed by atoms with van der Waals surface area (Å²) in [6, 6.07) is 7.64. The van der Waals surface area contributed by atoms with Crippen LogP contribution in [0.2, 0.25) is 5.02 Å². The molecule has 0 aliphatic carbocycles. The lowest BCUT2D eigenvalue weighted by Crippen LogP contribution is -2.23. The van der Waals surface area contributed by atoms with Gasteiger partial charge in [0.15, 0.2) is 0 Å². The van der Waals surface area contributed by atoms with Crippen molar-refractivity contribution in [3.05, 3.63) is 40.4 Å². The summed E-state index contributed by atoms with van der Waals surface area (Å²) in [5.74, 6) is -0.781. The summed E-state index contributed by atoms with van der Waals surface area (Å²) in [6.07, 6.45) is 0. The molecular formula is C16H17ClN2O2S. The molecular weight excluding hydrogens is 320 g/mol. The zero-order valence-electron chi connectivity index (χ0n) is 12.2. The van der Waals surface area contributed by atoms with Crippen molar-refractivity contribution in [2.45, 2.75) is 13.5 Å². The molecule has 4 nitrogen and oxygen atoms in total. The number of thiazole rings is 1. The van der Waals surface area contributed by atoms with Gasteiger partial charge in [-0.1, -0.05) is 30.7 Å². The van der Waals surface area contributed by atoms with E-state index in [1.165, 1.54) is 0 Å². The van der Waals surface area contributed by atoms with Crippen molar-refractivity contribution in [3.8, 4) is 10.6 Å². The first-order valence-electron chi connectivity index (χ1n) is 7.18. The molecule has 1 aliphatic rings. The Hall–Kier alpha value is -1.43. The molecule has 1 aromatic heterocycles. The molecule has 1 N–H and O–H groups in total. The highest BCUT2D eigenvalue weighted by Gasteiger charge is 2.34. The van der Waals surface area contributed by atoms with Gasteiger partial charge in [-0.15, -0.1) is 11.3 Å². The zero-order chi connectivity index (χ0) is 15.7. The van der Waals surface area contributed by atoms with Crippen LogP contribution < -0.4 is 0 Å². The molecule has 6 heteroatoms. The molecule has 0 spiro atoms. The molecule has 0 radical (unpaired) electrons. The van der Waals surface area contributed by atoms with Gasteiger partial charge in [-0.05, 0) is 18.1 Å². The zero-order valence-corrected chi connectivity index (χ0v) is 13.8. The Balaban J connectivity index is 1.68. The van der Waals surface area contributed by atoms with E-state index in [2.05, 4.69) is 9.88 Å². The van der Waals surface area contributed by atoms with Gasteiger partial charge in [0.05, 0.1) is 11.6 Å². The highest BCUT2D eigenvalue weighted by atomic mass is 35.5. The lowest BCUT2D eigenvalue weighted by Gasteiger charge is -2.13. The van der Waals surface area contributed by atoms with Gasteiger partial charge in [0.25, 0.3) is 0 Å². The maximum atomic E-state index is 11.2. The Bertz CT molecular complexity index is 671. The van der Waals surface area contributed by atoms with E-state index in [1.54, 1.807) is 11.3 Å². The van der Waals surface area contributed by atoms with Crippen molar-refractivity contribution in [2.24, 2.45) is 11.8 Å². The fourth-order valence-corrected chi connectivity index (χ4v) is 3.79. The lowest BCUT2D eigenvalue weighted by atomic mass is 9.99. The molecule has 0 bridgehead atoms. The van der Waals surface area contributed by atoms with Gasteiger partial charge in [0.2, 0.25) is 0 Å².